The van der Waals surface area contributed by atoms with Gasteiger partial charge in [-0.25, -0.2) is 9.78 Å². The maximum Gasteiger partial charge on any atom is 0.332 e. The molecule has 0 saturated carbocycles. The molecule has 4 rings (SSSR count). The summed E-state index contributed by atoms with van der Waals surface area (Å²) in [6.07, 6.45) is 3.85. The first-order valence-corrected chi connectivity index (χ1v) is 11.9. The molecule has 3 heterocycles. The Kier molecular flexibility index (Phi) is 7.11. The first-order valence-electron chi connectivity index (χ1n) is 10.7. The molecule has 0 aliphatic carbocycles. The number of aliphatic hydroxyl groups excluding tert-OH is 1. The molecule has 0 radical (unpaired) electrons. The largest absolute Gasteiger partial charge is 0.443 e. The number of nitrogens with zero attached hydrogens (tertiary/aromatic N) is 4. The number of aryl methyl sites for hydroxylation is 1. The molecule has 8 nitrogen and oxygen atoms in total. The summed E-state index contributed by atoms with van der Waals surface area (Å²) in [5.74, 6) is 1.20. The summed E-state index contributed by atoms with van der Waals surface area (Å²) in [5, 5.41) is 10.7. The zero-order valence-corrected chi connectivity index (χ0v) is 20.0. The molecule has 1 aliphatic rings. The van der Waals surface area contributed by atoms with Crippen LogP contribution in [0, 0.1) is 12.8 Å². The van der Waals surface area contributed by atoms with E-state index in [2.05, 4.69) is 4.98 Å². The van der Waals surface area contributed by atoms with Crippen LogP contribution >= 0.6 is 22.9 Å². The molecule has 0 spiro atoms. The van der Waals surface area contributed by atoms with E-state index < -0.39 is 5.69 Å². The summed E-state index contributed by atoms with van der Waals surface area (Å²) >= 11 is 7.63. The van der Waals surface area contributed by atoms with Crippen LogP contribution in [0.5, 0.6) is 5.75 Å². The predicted molar refractivity (Wildman–Crippen MR) is 129 cm³/mol. The molecule has 33 heavy (non-hydrogen) atoms. The van der Waals surface area contributed by atoms with E-state index in [9.17, 15) is 9.59 Å². The van der Waals surface area contributed by atoms with Crippen LogP contribution in [-0.4, -0.2) is 31.7 Å². The van der Waals surface area contributed by atoms with Gasteiger partial charge >= 0.3 is 5.69 Å². The van der Waals surface area contributed by atoms with Crippen LogP contribution in [-0.2, 0) is 26.4 Å². The monoisotopic (exact) mass is 488 g/mol. The standard InChI is InChI=1S/C23H25ClN4O4S/c1-14-13-25-19(33-14)12-15-4-9-18-20(26-21(15)32-17-7-5-16(24)6-8-17)27(2)23(31)28(22(18)30)10-3-11-29/h5-8,13,15,29H,3-4,9-12H2,1-2H3. The number of benzene rings is 1. The minimum absolute atomic E-state index is 0.0980. The highest BCUT2D eigenvalue weighted by molar-refractivity contribution is 7.11. The molecular weight excluding hydrogens is 464 g/mol. The lowest BCUT2D eigenvalue weighted by atomic mass is 9.98. The van der Waals surface area contributed by atoms with Crippen molar-refractivity contribution in [2.75, 3.05) is 6.61 Å². The third kappa shape index (κ3) is 5.10. The van der Waals surface area contributed by atoms with Crippen LogP contribution in [0.15, 0.2) is 45.0 Å². The highest BCUT2D eigenvalue weighted by Crippen LogP contribution is 2.29. The lowest BCUT2D eigenvalue weighted by molar-refractivity contribution is 0.277. The lowest BCUT2D eigenvalue weighted by Crippen LogP contribution is -2.41. The van der Waals surface area contributed by atoms with Crippen LogP contribution in [0.3, 0.4) is 0 Å². The van der Waals surface area contributed by atoms with Crippen molar-refractivity contribution in [3.05, 3.63) is 71.8 Å². The quantitative estimate of drug-likeness (QED) is 0.574. The van der Waals surface area contributed by atoms with Crippen molar-refractivity contribution >= 4 is 34.7 Å². The van der Waals surface area contributed by atoms with E-state index in [0.717, 1.165) is 9.88 Å². The van der Waals surface area contributed by atoms with Gasteiger partial charge in [0.2, 0.25) is 0 Å². The molecule has 1 atom stereocenters. The number of aliphatic hydroxyl groups is 1. The third-order valence-electron chi connectivity index (χ3n) is 5.58. The normalized spacial score (nSPS) is 15.6. The highest BCUT2D eigenvalue weighted by atomic mass is 35.5. The SMILES string of the molecule is Cc1cnc(CC2CCc3c(n(C)c(=O)n(CCCO)c3=O)N=C2Oc2ccc(Cl)cc2)s1. The summed E-state index contributed by atoms with van der Waals surface area (Å²) in [5.41, 5.74) is -0.345. The van der Waals surface area contributed by atoms with Crippen molar-refractivity contribution < 1.29 is 9.84 Å². The van der Waals surface area contributed by atoms with Gasteiger partial charge < -0.3 is 9.84 Å². The molecule has 1 aromatic carbocycles. The van der Waals surface area contributed by atoms with Crippen LogP contribution in [0.25, 0.3) is 0 Å². The highest BCUT2D eigenvalue weighted by Gasteiger charge is 2.28. The molecule has 0 amide bonds. The Labute approximate surface area is 199 Å². The molecule has 1 N–H and O–H groups in total. The Morgan fingerprint density at radius 1 is 1.27 bits per heavy atom. The maximum absolute atomic E-state index is 13.1. The number of aliphatic imine (C=N–C) groups is 1. The number of hydrogen-bond donors (Lipinski definition) is 1. The molecule has 0 fully saturated rings. The zero-order chi connectivity index (χ0) is 23.5. The van der Waals surface area contributed by atoms with Crippen LogP contribution in [0.2, 0.25) is 5.02 Å². The van der Waals surface area contributed by atoms with Gasteiger partial charge in [-0.2, -0.15) is 4.99 Å². The molecule has 2 aromatic heterocycles. The average Bonchev–Trinajstić information content (AvgIpc) is 3.12. The minimum atomic E-state index is -0.462. The Hall–Kier alpha value is -2.75. The molecule has 10 heteroatoms. The van der Waals surface area contributed by atoms with E-state index in [1.165, 1.54) is 9.13 Å². The van der Waals surface area contributed by atoms with E-state index in [-0.39, 0.29) is 24.6 Å². The van der Waals surface area contributed by atoms with Gasteiger partial charge in [0, 0.05) is 48.6 Å². The summed E-state index contributed by atoms with van der Waals surface area (Å²) in [4.78, 5) is 36.3. The predicted octanol–water partition coefficient (Wildman–Crippen LogP) is 3.26. The van der Waals surface area contributed by atoms with Crippen molar-refractivity contribution in [1.29, 1.82) is 0 Å². The third-order valence-corrected chi connectivity index (χ3v) is 6.77. The molecule has 0 bridgehead atoms. The van der Waals surface area contributed by atoms with Crippen LogP contribution in [0.1, 0.15) is 28.3 Å². The number of rotatable bonds is 6. The summed E-state index contributed by atoms with van der Waals surface area (Å²) in [6.45, 7) is 2.07. The van der Waals surface area contributed by atoms with Gasteiger partial charge in [-0.1, -0.05) is 11.6 Å². The number of fused-ring (bicyclic) bond motifs is 1. The fraction of sp³-hybridized carbons (Fsp3) is 0.391. The average molecular weight is 489 g/mol. The number of halogens is 1. The lowest BCUT2D eigenvalue weighted by Gasteiger charge is -2.17. The molecule has 1 unspecified atom stereocenters. The second kappa shape index (κ2) is 10.0. The van der Waals surface area contributed by atoms with Crippen molar-refractivity contribution in [1.82, 2.24) is 14.1 Å². The second-order valence-electron chi connectivity index (χ2n) is 7.99. The Balaban J connectivity index is 1.79. The molecule has 1 aliphatic heterocycles. The summed E-state index contributed by atoms with van der Waals surface area (Å²) in [7, 11) is 1.60. The van der Waals surface area contributed by atoms with Crippen molar-refractivity contribution in [2.45, 2.75) is 39.2 Å². The van der Waals surface area contributed by atoms with Gasteiger partial charge in [0.15, 0.2) is 5.90 Å². The van der Waals surface area contributed by atoms with E-state index >= 15 is 0 Å². The Morgan fingerprint density at radius 2 is 2.03 bits per heavy atom. The Bertz CT molecular complexity index is 1290. The van der Waals surface area contributed by atoms with E-state index in [1.54, 1.807) is 42.6 Å². The summed E-state index contributed by atoms with van der Waals surface area (Å²) < 4.78 is 8.74. The molecular formula is C23H25ClN4O4S. The molecule has 174 valence electrons. The molecule has 3 aromatic rings. The minimum Gasteiger partial charge on any atom is -0.443 e. The first kappa shape index (κ1) is 23.4. The fourth-order valence-corrected chi connectivity index (χ4v) is 4.86. The number of thiazole rings is 1. The van der Waals surface area contributed by atoms with E-state index in [4.69, 9.17) is 26.4 Å². The maximum atomic E-state index is 13.1. The van der Waals surface area contributed by atoms with Gasteiger partial charge in [-0.05, 0) is 50.5 Å². The zero-order valence-electron chi connectivity index (χ0n) is 18.5. The topological polar surface area (TPSA) is 98.7 Å². The summed E-state index contributed by atoms with van der Waals surface area (Å²) in [6, 6.07) is 6.98. The molecule has 0 saturated heterocycles. The van der Waals surface area contributed by atoms with Gasteiger partial charge in [0.05, 0.1) is 10.6 Å². The first-order chi connectivity index (χ1) is 15.9. The smallest absolute Gasteiger partial charge is 0.332 e. The number of ether oxygens (including phenoxy) is 1. The number of aromatic nitrogens is 3. The van der Waals surface area contributed by atoms with Crippen molar-refractivity contribution in [3.63, 3.8) is 0 Å². The van der Waals surface area contributed by atoms with Gasteiger partial charge in [0.1, 0.15) is 11.6 Å². The van der Waals surface area contributed by atoms with Crippen molar-refractivity contribution in [3.8, 4) is 5.75 Å². The number of hydrogen-bond acceptors (Lipinski definition) is 7. The van der Waals surface area contributed by atoms with Crippen LogP contribution in [0.4, 0.5) is 5.82 Å². The van der Waals surface area contributed by atoms with E-state index in [0.29, 0.717) is 53.7 Å². The van der Waals surface area contributed by atoms with Gasteiger partial charge in [0.25, 0.3) is 5.56 Å². The van der Waals surface area contributed by atoms with Crippen LogP contribution < -0.4 is 16.0 Å². The van der Waals surface area contributed by atoms with Gasteiger partial charge in [-0.15, -0.1) is 11.3 Å². The van der Waals surface area contributed by atoms with Crippen molar-refractivity contribution in [2.24, 2.45) is 18.0 Å². The van der Waals surface area contributed by atoms with E-state index in [1.807, 2.05) is 13.1 Å². The van der Waals surface area contributed by atoms with Gasteiger partial charge in [-0.3, -0.25) is 13.9 Å². The second-order valence-corrected chi connectivity index (χ2v) is 9.74. The Morgan fingerprint density at radius 3 is 2.70 bits per heavy atom. The fourth-order valence-electron chi connectivity index (χ4n) is 3.87.